The minimum Gasteiger partial charge on any atom is -0.480 e. The highest BCUT2D eigenvalue weighted by molar-refractivity contribution is 6.36. The Balaban J connectivity index is 1.80. The molecule has 0 fully saturated rings. The first kappa shape index (κ1) is 19.7. The second-order valence-electron chi connectivity index (χ2n) is 5.85. The van der Waals surface area contributed by atoms with Crippen LogP contribution >= 0.6 is 23.2 Å². The van der Waals surface area contributed by atoms with Crippen LogP contribution in [0.3, 0.4) is 0 Å². The molecule has 3 rings (SSSR count). The highest BCUT2D eigenvalue weighted by atomic mass is 35.5. The van der Waals surface area contributed by atoms with Crippen molar-refractivity contribution >= 4 is 52.3 Å². The van der Waals surface area contributed by atoms with E-state index in [1.165, 1.54) is 28.7 Å². The lowest BCUT2D eigenvalue weighted by molar-refractivity contribution is -0.135. The first-order valence-electron chi connectivity index (χ1n) is 8.01. The van der Waals surface area contributed by atoms with Crippen LogP contribution < -0.4 is 10.6 Å². The van der Waals surface area contributed by atoms with E-state index in [1.54, 1.807) is 19.2 Å². The fourth-order valence-corrected chi connectivity index (χ4v) is 3.13. The summed E-state index contributed by atoms with van der Waals surface area (Å²) in [6, 6.07) is 7.56. The number of nitrogens with zero attached hydrogens (tertiary/aromatic N) is 2. The van der Waals surface area contributed by atoms with Gasteiger partial charge in [-0.05, 0) is 37.3 Å². The number of amides is 2. The quantitative estimate of drug-likeness (QED) is 0.586. The molecule has 0 saturated heterocycles. The van der Waals surface area contributed by atoms with Gasteiger partial charge in [0, 0.05) is 17.4 Å². The Labute approximate surface area is 169 Å². The second-order valence-corrected chi connectivity index (χ2v) is 6.70. The summed E-state index contributed by atoms with van der Waals surface area (Å²) in [5, 5.41) is 14.3. The third-order valence-corrected chi connectivity index (χ3v) is 4.32. The van der Waals surface area contributed by atoms with E-state index in [-0.39, 0.29) is 11.3 Å². The van der Waals surface area contributed by atoms with Gasteiger partial charge in [0.25, 0.3) is 11.8 Å². The van der Waals surface area contributed by atoms with Crippen LogP contribution in [0.2, 0.25) is 10.0 Å². The van der Waals surface area contributed by atoms with Crippen LogP contribution in [0.25, 0.3) is 5.65 Å². The number of halogens is 2. The van der Waals surface area contributed by atoms with Crippen LogP contribution in [0.1, 0.15) is 26.5 Å². The van der Waals surface area contributed by atoms with E-state index in [0.29, 0.717) is 27.1 Å². The summed E-state index contributed by atoms with van der Waals surface area (Å²) < 4.78 is 1.52. The van der Waals surface area contributed by atoms with E-state index in [0.717, 1.165) is 0 Å². The molecule has 0 aliphatic heterocycles. The normalized spacial score (nSPS) is 10.7. The number of anilines is 1. The number of aromatic nitrogens is 2. The van der Waals surface area contributed by atoms with E-state index < -0.39 is 24.3 Å². The maximum Gasteiger partial charge on any atom is 0.322 e. The number of hydrogen-bond donors (Lipinski definition) is 3. The number of nitrogens with one attached hydrogen (secondary N) is 2. The fourth-order valence-electron chi connectivity index (χ4n) is 2.61. The van der Waals surface area contributed by atoms with Gasteiger partial charge in [-0.1, -0.05) is 23.2 Å². The van der Waals surface area contributed by atoms with E-state index >= 15 is 0 Å². The molecule has 0 aliphatic rings. The summed E-state index contributed by atoms with van der Waals surface area (Å²) in [6.45, 7) is 1.21. The number of aliphatic carboxylic acids is 1. The topological polar surface area (TPSA) is 113 Å². The Bertz CT molecular complexity index is 1090. The van der Waals surface area contributed by atoms with Gasteiger partial charge in [-0.15, -0.1) is 0 Å². The van der Waals surface area contributed by atoms with Crippen LogP contribution in [0, 0.1) is 6.92 Å². The highest BCUT2D eigenvalue weighted by Gasteiger charge is 2.19. The van der Waals surface area contributed by atoms with Gasteiger partial charge in [0.1, 0.15) is 12.2 Å². The average molecular weight is 421 g/mol. The summed E-state index contributed by atoms with van der Waals surface area (Å²) in [5.41, 5.74) is 1.89. The van der Waals surface area contributed by atoms with Crippen molar-refractivity contribution in [1.29, 1.82) is 0 Å². The number of carbonyl (C=O) groups excluding carboxylic acids is 2. The highest BCUT2D eigenvalue weighted by Crippen LogP contribution is 2.25. The van der Waals surface area contributed by atoms with Crippen LogP contribution in [0.5, 0.6) is 0 Å². The SMILES string of the molecule is Cc1nc2c(Cl)cc(Cl)cn2c1C(=O)Nc1ccc(C(=O)NCC(=O)O)cc1. The van der Waals surface area contributed by atoms with Crippen molar-refractivity contribution in [2.24, 2.45) is 0 Å². The zero-order chi connectivity index (χ0) is 20.4. The number of carbonyl (C=O) groups is 3. The molecule has 1 aromatic carbocycles. The molecule has 0 unspecified atom stereocenters. The van der Waals surface area contributed by atoms with Crippen molar-refractivity contribution < 1.29 is 19.5 Å². The van der Waals surface area contributed by atoms with Gasteiger partial charge in [0.2, 0.25) is 0 Å². The zero-order valence-corrected chi connectivity index (χ0v) is 16.0. The van der Waals surface area contributed by atoms with Gasteiger partial charge in [-0.3, -0.25) is 18.8 Å². The second kappa shape index (κ2) is 7.87. The molecule has 0 aliphatic carbocycles. The van der Waals surface area contributed by atoms with Gasteiger partial charge in [0.05, 0.1) is 15.7 Å². The Hall–Kier alpha value is -3.10. The molecule has 8 nitrogen and oxygen atoms in total. The molecule has 2 aromatic heterocycles. The minimum atomic E-state index is -1.14. The summed E-state index contributed by atoms with van der Waals surface area (Å²) in [4.78, 5) is 39.4. The summed E-state index contributed by atoms with van der Waals surface area (Å²) >= 11 is 12.2. The lowest BCUT2D eigenvalue weighted by atomic mass is 10.2. The van der Waals surface area contributed by atoms with Gasteiger partial charge in [-0.25, -0.2) is 4.98 Å². The van der Waals surface area contributed by atoms with Crippen molar-refractivity contribution in [2.75, 3.05) is 11.9 Å². The number of carboxylic acid groups (broad SMARTS) is 1. The van der Waals surface area contributed by atoms with Crippen LogP contribution in [-0.2, 0) is 4.79 Å². The molecule has 0 bridgehead atoms. The van der Waals surface area contributed by atoms with E-state index in [2.05, 4.69) is 15.6 Å². The number of hydrogen-bond acceptors (Lipinski definition) is 4. The standard InChI is InChI=1S/C18H14Cl2N4O4/c1-9-15(24-8-11(19)6-13(20)16(24)22-9)18(28)23-12-4-2-10(3-5-12)17(27)21-7-14(25)26/h2-6,8H,7H2,1H3,(H,21,27)(H,23,28)(H,25,26). The third-order valence-electron chi connectivity index (χ3n) is 3.84. The van der Waals surface area contributed by atoms with Crippen molar-refractivity contribution in [3.63, 3.8) is 0 Å². The number of carboxylic acids is 1. The number of rotatable bonds is 5. The molecule has 3 N–H and O–H groups in total. The first-order chi connectivity index (χ1) is 13.3. The van der Waals surface area contributed by atoms with Crippen molar-refractivity contribution in [3.05, 3.63) is 63.5 Å². The number of pyridine rings is 1. The Morgan fingerprint density at radius 3 is 2.46 bits per heavy atom. The van der Waals surface area contributed by atoms with Gasteiger partial charge >= 0.3 is 5.97 Å². The van der Waals surface area contributed by atoms with E-state index in [1.807, 2.05) is 0 Å². The summed E-state index contributed by atoms with van der Waals surface area (Å²) in [7, 11) is 0. The largest absolute Gasteiger partial charge is 0.480 e. The Kier molecular flexibility index (Phi) is 5.53. The third kappa shape index (κ3) is 4.08. The number of benzene rings is 1. The molecule has 0 spiro atoms. The van der Waals surface area contributed by atoms with Gasteiger partial charge < -0.3 is 15.7 Å². The first-order valence-corrected chi connectivity index (χ1v) is 8.77. The molecule has 0 saturated carbocycles. The number of imidazole rings is 1. The molecule has 0 radical (unpaired) electrons. The molecule has 2 heterocycles. The smallest absolute Gasteiger partial charge is 0.322 e. The number of fused-ring (bicyclic) bond motifs is 1. The van der Waals surface area contributed by atoms with Gasteiger partial charge in [0.15, 0.2) is 5.65 Å². The molecule has 28 heavy (non-hydrogen) atoms. The molecule has 3 aromatic rings. The molecule has 0 atom stereocenters. The zero-order valence-electron chi connectivity index (χ0n) is 14.5. The predicted molar refractivity (Wildman–Crippen MR) is 104 cm³/mol. The maximum atomic E-state index is 12.7. The van der Waals surface area contributed by atoms with Gasteiger partial charge in [-0.2, -0.15) is 0 Å². The Morgan fingerprint density at radius 1 is 1.14 bits per heavy atom. The predicted octanol–water partition coefficient (Wildman–Crippen LogP) is 3.02. The summed E-state index contributed by atoms with van der Waals surface area (Å²) in [5.74, 6) is -2.09. The van der Waals surface area contributed by atoms with E-state index in [4.69, 9.17) is 28.3 Å². The van der Waals surface area contributed by atoms with Crippen LogP contribution in [0.15, 0.2) is 36.5 Å². The molecular weight excluding hydrogens is 407 g/mol. The number of aryl methyl sites for hydroxylation is 1. The van der Waals surface area contributed by atoms with Crippen LogP contribution in [0.4, 0.5) is 5.69 Å². The fraction of sp³-hybridized carbons (Fsp3) is 0.111. The molecular formula is C18H14Cl2N4O4. The molecule has 10 heteroatoms. The molecule has 144 valence electrons. The Morgan fingerprint density at radius 2 is 1.82 bits per heavy atom. The minimum absolute atomic E-state index is 0.267. The lowest BCUT2D eigenvalue weighted by Gasteiger charge is -2.08. The molecule has 2 amide bonds. The van der Waals surface area contributed by atoms with E-state index in [9.17, 15) is 14.4 Å². The van der Waals surface area contributed by atoms with Crippen molar-refractivity contribution in [2.45, 2.75) is 6.92 Å². The monoisotopic (exact) mass is 420 g/mol. The van der Waals surface area contributed by atoms with Crippen LogP contribution in [-0.4, -0.2) is 38.8 Å². The maximum absolute atomic E-state index is 12.7. The van der Waals surface area contributed by atoms with Crippen molar-refractivity contribution in [3.8, 4) is 0 Å². The lowest BCUT2D eigenvalue weighted by Crippen LogP contribution is -2.29. The van der Waals surface area contributed by atoms with Crippen molar-refractivity contribution in [1.82, 2.24) is 14.7 Å². The summed E-state index contributed by atoms with van der Waals surface area (Å²) in [6.07, 6.45) is 1.55. The average Bonchev–Trinajstić information content (AvgIpc) is 2.96.